The number of hydrogen-bond acceptors (Lipinski definition) is 5. The standard InChI is InChI=1S/C19H30N4O2S/c1-3-5-10-23-13-15-17-14(9-12-26(24,25)11-4-2)7-6-8-16(17)21-19(20)18(15)22-23/h13-14H,3-12H2,1-2H3,(H2,20,21). The second kappa shape index (κ2) is 7.94. The Hall–Kier alpha value is -1.63. The van der Waals surface area contributed by atoms with Crippen molar-refractivity contribution in [3.05, 3.63) is 17.5 Å². The van der Waals surface area contributed by atoms with E-state index < -0.39 is 9.84 Å². The van der Waals surface area contributed by atoms with Crippen LogP contribution in [0.4, 0.5) is 5.82 Å². The van der Waals surface area contributed by atoms with Gasteiger partial charge in [-0.3, -0.25) is 4.68 Å². The number of unbranched alkanes of at least 4 members (excludes halogenated alkanes) is 1. The monoisotopic (exact) mass is 378 g/mol. The van der Waals surface area contributed by atoms with Gasteiger partial charge in [0.05, 0.1) is 5.75 Å². The third kappa shape index (κ3) is 4.03. The first-order chi connectivity index (χ1) is 12.4. The number of nitrogens with zero attached hydrogens (tertiary/aromatic N) is 3. The molecule has 7 heteroatoms. The van der Waals surface area contributed by atoms with Crippen LogP contribution in [0.5, 0.6) is 0 Å². The van der Waals surface area contributed by atoms with Crippen LogP contribution in [0.25, 0.3) is 10.9 Å². The highest BCUT2D eigenvalue weighted by Gasteiger charge is 2.27. The second-order valence-electron chi connectivity index (χ2n) is 7.40. The van der Waals surface area contributed by atoms with Crippen molar-refractivity contribution in [1.82, 2.24) is 14.8 Å². The zero-order chi connectivity index (χ0) is 18.7. The van der Waals surface area contributed by atoms with Crippen LogP contribution in [0, 0.1) is 0 Å². The van der Waals surface area contributed by atoms with Crippen molar-refractivity contribution in [3.8, 4) is 0 Å². The highest BCUT2D eigenvalue weighted by atomic mass is 32.2. The summed E-state index contributed by atoms with van der Waals surface area (Å²) >= 11 is 0. The molecule has 2 heterocycles. The van der Waals surface area contributed by atoms with Crippen molar-refractivity contribution >= 4 is 26.6 Å². The predicted molar refractivity (Wildman–Crippen MR) is 106 cm³/mol. The molecule has 0 saturated heterocycles. The van der Waals surface area contributed by atoms with Crippen LogP contribution in [-0.4, -0.2) is 34.7 Å². The lowest BCUT2D eigenvalue weighted by Crippen LogP contribution is -2.18. The molecule has 2 aromatic rings. The number of aromatic nitrogens is 3. The molecule has 1 aliphatic rings. The zero-order valence-electron chi connectivity index (χ0n) is 15.9. The molecule has 0 fully saturated rings. The summed E-state index contributed by atoms with van der Waals surface area (Å²) in [6.07, 6.45) is 8.56. The number of anilines is 1. The largest absolute Gasteiger partial charge is 0.382 e. The SMILES string of the molecule is CCCCn1cc2c3c(nc(N)c2n1)CCCC3CCS(=O)(=O)CCC. The van der Waals surface area contributed by atoms with Crippen molar-refractivity contribution < 1.29 is 8.42 Å². The summed E-state index contributed by atoms with van der Waals surface area (Å²) < 4.78 is 26.3. The minimum atomic E-state index is -2.97. The van der Waals surface area contributed by atoms with E-state index in [0.717, 1.165) is 55.2 Å². The van der Waals surface area contributed by atoms with E-state index in [1.165, 1.54) is 5.56 Å². The number of fused-ring (bicyclic) bond motifs is 3. The van der Waals surface area contributed by atoms with Crippen LogP contribution in [0.3, 0.4) is 0 Å². The Morgan fingerprint density at radius 3 is 2.81 bits per heavy atom. The number of nitrogens with two attached hydrogens (primary N) is 1. The number of pyridine rings is 1. The van der Waals surface area contributed by atoms with Crippen molar-refractivity contribution in [1.29, 1.82) is 0 Å². The van der Waals surface area contributed by atoms with E-state index in [1.54, 1.807) is 0 Å². The predicted octanol–water partition coefficient (Wildman–Crippen LogP) is 3.45. The Kier molecular flexibility index (Phi) is 5.85. The van der Waals surface area contributed by atoms with Crippen LogP contribution < -0.4 is 5.73 Å². The van der Waals surface area contributed by atoms with Gasteiger partial charge in [0, 0.05) is 29.6 Å². The van der Waals surface area contributed by atoms with Crippen molar-refractivity contribution in [2.75, 3.05) is 17.2 Å². The van der Waals surface area contributed by atoms with Crippen molar-refractivity contribution in [2.24, 2.45) is 0 Å². The van der Waals surface area contributed by atoms with Crippen LogP contribution >= 0.6 is 0 Å². The van der Waals surface area contributed by atoms with Gasteiger partial charge in [0.25, 0.3) is 0 Å². The van der Waals surface area contributed by atoms with Crippen LogP contribution in [0.1, 0.15) is 69.5 Å². The molecule has 3 rings (SSSR count). The third-order valence-electron chi connectivity index (χ3n) is 5.27. The van der Waals surface area contributed by atoms with Gasteiger partial charge in [-0.2, -0.15) is 5.10 Å². The van der Waals surface area contributed by atoms with E-state index >= 15 is 0 Å². The van der Waals surface area contributed by atoms with E-state index in [4.69, 9.17) is 5.73 Å². The molecule has 1 atom stereocenters. The highest BCUT2D eigenvalue weighted by molar-refractivity contribution is 7.91. The Morgan fingerprint density at radius 2 is 2.08 bits per heavy atom. The number of aryl methyl sites for hydroxylation is 2. The van der Waals surface area contributed by atoms with Gasteiger partial charge in [-0.05, 0) is 50.0 Å². The molecule has 0 aliphatic heterocycles. The molecule has 0 bridgehead atoms. The maximum Gasteiger partial charge on any atom is 0.152 e. The maximum absolute atomic E-state index is 12.2. The van der Waals surface area contributed by atoms with Gasteiger partial charge in [-0.1, -0.05) is 20.3 Å². The van der Waals surface area contributed by atoms with Gasteiger partial charge in [0.1, 0.15) is 15.4 Å². The molecule has 1 unspecified atom stereocenters. The number of hydrogen-bond donors (Lipinski definition) is 1. The van der Waals surface area contributed by atoms with E-state index in [2.05, 4.69) is 23.2 Å². The van der Waals surface area contributed by atoms with Crippen LogP contribution in [-0.2, 0) is 22.8 Å². The quantitative estimate of drug-likeness (QED) is 0.760. The smallest absolute Gasteiger partial charge is 0.152 e. The van der Waals surface area contributed by atoms with Gasteiger partial charge in [-0.25, -0.2) is 13.4 Å². The molecule has 2 N–H and O–H groups in total. The van der Waals surface area contributed by atoms with Gasteiger partial charge in [-0.15, -0.1) is 0 Å². The fourth-order valence-electron chi connectivity index (χ4n) is 3.99. The van der Waals surface area contributed by atoms with Gasteiger partial charge in [0.2, 0.25) is 0 Å². The first-order valence-electron chi connectivity index (χ1n) is 9.81. The first-order valence-corrected chi connectivity index (χ1v) is 11.6. The van der Waals surface area contributed by atoms with Crippen LogP contribution in [0.15, 0.2) is 6.20 Å². The molecule has 26 heavy (non-hydrogen) atoms. The molecule has 2 aromatic heterocycles. The van der Waals surface area contributed by atoms with Crippen molar-refractivity contribution in [2.45, 2.75) is 71.3 Å². The number of rotatable bonds is 8. The first kappa shape index (κ1) is 19.1. The zero-order valence-corrected chi connectivity index (χ0v) is 16.7. The average molecular weight is 379 g/mol. The van der Waals surface area contributed by atoms with Crippen molar-refractivity contribution in [3.63, 3.8) is 0 Å². The maximum atomic E-state index is 12.2. The molecule has 144 valence electrons. The summed E-state index contributed by atoms with van der Waals surface area (Å²) in [6.45, 7) is 4.94. The Labute approximate surface area is 156 Å². The van der Waals surface area contributed by atoms with Gasteiger partial charge >= 0.3 is 0 Å². The molecule has 0 amide bonds. The third-order valence-corrected chi connectivity index (χ3v) is 7.16. The lowest BCUT2D eigenvalue weighted by molar-refractivity contribution is 0.528. The lowest BCUT2D eigenvalue weighted by Gasteiger charge is -2.25. The topological polar surface area (TPSA) is 90.9 Å². The van der Waals surface area contributed by atoms with E-state index in [1.807, 2.05) is 11.6 Å². The molecular weight excluding hydrogens is 348 g/mol. The minimum absolute atomic E-state index is 0.227. The molecule has 0 spiro atoms. The fraction of sp³-hybridized carbons (Fsp3) is 0.684. The average Bonchev–Trinajstić information content (AvgIpc) is 3.03. The number of sulfone groups is 1. The normalized spacial score (nSPS) is 17.5. The summed E-state index contributed by atoms with van der Waals surface area (Å²) in [7, 11) is -2.97. The molecule has 0 saturated carbocycles. The summed E-state index contributed by atoms with van der Waals surface area (Å²) in [6, 6.07) is 0. The van der Waals surface area contributed by atoms with Gasteiger partial charge < -0.3 is 5.73 Å². The molecule has 1 aliphatic carbocycles. The lowest BCUT2D eigenvalue weighted by atomic mass is 9.82. The Balaban J connectivity index is 1.95. The Bertz CT molecular complexity index is 873. The molecule has 6 nitrogen and oxygen atoms in total. The van der Waals surface area contributed by atoms with E-state index in [0.29, 0.717) is 18.7 Å². The summed E-state index contributed by atoms with van der Waals surface area (Å²) in [5.41, 5.74) is 9.16. The number of nitrogen functional groups attached to an aromatic ring is 1. The van der Waals surface area contributed by atoms with E-state index in [-0.39, 0.29) is 17.4 Å². The second-order valence-corrected chi connectivity index (χ2v) is 9.70. The summed E-state index contributed by atoms with van der Waals surface area (Å²) in [5, 5.41) is 5.71. The summed E-state index contributed by atoms with van der Waals surface area (Å²) in [5.74, 6) is 1.25. The Morgan fingerprint density at radius 1 is 1.27 bits per heavy atom. The molecule has 0 aromatic carbocycles. The van der Waals surface area contributed by atoms with E-state index in [9.17, 15) is 8.42 Å². The van der Waals surface area contributed by atoms with Crippen LogP contribution in [0.2, 0.25) is 0 Å². The highest BCUT2D eigenvalue weighted by Crippen LogP contribution is 2.39. The molecular formula is C19H30N4O2S. The van der Waals surface area contributed by atoms with Gasteiger partial charge in [0.15, 0.2) is 5.82 Å². The minimum Gasteiger partial charge on any atom is -0.382 e. The molecule has 0 radical (unpaired) electrons. The fourth-order valence-corrected chi connectivity index (χ4v) is 5.46. The summed E-state index contributed by atoms with van der Waals surface area (Å²) in [4.78, 5) is 4.62.